The standard InChI is InChI=1S/C33H32BrF2N3O4S/c34-25-10-8-24(9-11-25)33(35,36)31(32(40)39-27-12-13-28(39)19-26(37)18-27)38-44(41,42)30-15-7-22-16-29(14-6-23(22)17-30)43-20-21-4-2-1-3-5-21/h1-11,14-17,26-28,31,38H,12-13,18-20,37H2/t26?,27?,28?,31-/m1/s1. The van der Waals surface area contributed by atoms with Crippen LogP contribution in [0.5, 0.6) is 5.75 Å². The molecule has 2 aliphatic rings. The molecule has 2 bridgehead atoms. The minimum atomic E-state index is -4.56. The van der Waals surface area contributed by atoms with Crippen LogP contribution in [-0.2, 0) is 27.3 Å². The van der Waals surface area contributed by atoms with Crippen LogP contribution in [0.25, 0.3) is 10.8 Å². The van der Waals surface area contributed by atoms with Crippen LogP contribution < -0.4 is 15.2 Å². The molecule has 2 heterocycles. The lowest BCUT2D eigenvalue weighted by atomic mass is 9.95. The first-order valence-corrected chi connectivity index (χ1v) is 16.7. The highest BCUT2D eigenvalue weighted by molar-refractivity contribution is 9.10. The van der Waals surface area contributed by atoms with Gasteiger partial charge in [0.1, 0.15) is 12.4 Å². The number of nitrogens with zero attached hydrogens (tertiary/aromatic N) is 1. The smallest absolute Gasteiger partial charge is 0.298 e. The highest BCUT2D eigenvalue weighted by Gasteiger charge is 2.53. The Morgan fingerprint density at radius 1 is 0.955 bits per heavy atom. The van der Waals surface area contributed by atoms with E-state index in [-0.39, 0.29) is 23.0 Å². The van der Waals surface area contributed by atoms with E-state index in [1.54, 1.807) is 24.3 Å². The summed E-state index contributed by atoms with van der Waals surface area (Å²) >= 11 is 3.24. The van der Waals surface area contributed by atoms with E-state index >= 15 is 8.78 Å². The van der Waals surface area contributed by atoms with Crippen LogP contribution in [0, 0.1) is 0 Å². The van der Waals surface area contributed by atoms with E-state index in [1.807, 2.05) is 30.3 Å². The summed E-state index contributed by atoms with van der Waals surface area (Å²) in [5.74, 6) is -4.18. The molecule has 6 rings (SSSR count). The number of rotatable bonds is 9. The highest BCUT2D eigenvalue weighted by Crippen LogP contribution is 2.40. The van der Waals surface area contributed by atoms with Crippen molar-refractivity contribution in [3.63, 3.8) is 0 Å². The van der Waals surface area contributed by atoms with Gasteiger partial charge in [-0.15, -0.1) is 0 Å². The number of benzene rings is 4. The minimum Gasteiger partial charge on any atom is -0.489 e. The molecule has 0 spiro atoms. The fourth-order valence-corrected chi connectivity index (χ4v) is 7.76. The van der Waals surface area contributed by atoms with E-state index in [0.29, 0.717) is 53.3 Å². The van der Waals surface area contributed by atoms with Crippen molar-refractivity contribution < 1.29 is 26.7 Å². The van der Waals surface area contributed by atoms with Gasteiger partial charge in [0.05, 0.1) is 4.90 Å². The summed E-state index contributed by atoms with van der Waals surface area (Å²) in [4.78, 5) is 15.1. The number of piperidine rings is 1. The maximum atomic E-state index is 16.2. The molecule has 3 N–H and O–H groups in total. The molecule has 2 fully saturated rings. The number of carbonyl (C=O) groups is 1. The van der Waals surface area contributed by atoms with Crippen molar-refractivity contribution in [2.45, 2.75) is 67.3 Å². The fourth-order valence-electron chi connectivity index (χ4n) is 6.27. The van der Waals surface area contributed by atoms with Crippen LogP contribution in [0.3, 0.4) is 0 Å². The van der Waals surface area contributed by atoms with Crippen molar-refractivity contribution in [1.29, 1.82) is 0 Å². The second-order valence-electron chi connectivity index (χ2n) is 11.5. The largest absolute Gasteiger partial charge is 0.489 e. The van der Waals surface area contributed by atoms with E-state index in [4.69, 9.17) is 10.5 Å². The van der Waals surface area contributed by atoms with Gasteiger partial charge < -0.3 is 15.4 Å². The normalized spacial score (nSPS) is 20.9. The molecule has 2 aliphatic heterocycles. The Labute approximate surface area is 263 Å². The topological polar surface area (TPSA) is 102 Å². The minimum absolute atomic E-state index is 0.125. The van der Waals surface area contributed by atoms with Gasteiger partial charge in [-0.05, 0) is 78.4 Å². The van der Waals surface area contributed by atoms with Gasteiger partial charge in [-0.1, -0.05) is 70.5 Å². The Kier molecular flexibility index (Phi) is 8.49. The quantitative estimate of drug-likeness (QED) is 0.222. The number of carbonyl (C=O) groups excluding carboxylic acids is 1. The molecule has 2 unspecified atom stereocenters. The molecule has 0 aromatic heterocycles. The van der Waals surface area contributed by atoms with E-state index < -0.39 is 33.5 Å². The van der Waals surface area contributed by atoms with Crippen molar-refractivity contribution in [1.82, 2.24) is 9.62 Å². The molecule has 0 aliphatic carbocycles. The zero-order valence-electron chi connectivity index (χ0n) is 23.7. The number of ether oxygens (including phenoxy) is 1. The van der Waals surface area contributed by atoms with Crippen molar-refractivity contribution in [3.8, 4) is 5.75 Å². The lowest BCUT2D eigenvalue weighted by Crippen LogP contribution is -2.60. The van der Waals surface area contributed by atoms with E-state index in [2.05, 4.69) is 20.7 Å². The second-order valence-corrected chi connectivity index (χ2v) is 14.1. The third-order valence-corrected chi connectivity index (χ3v) is 10.4. The van der Waals surface area contributed by atoms with Gasteiger partial charge in [-0.3, -0.25) is 4.79 Å². The number of nitrogens with one attached hydrogen (secondary N) is 1. The lowest BCUT2D eigenvalue weighted by Gasteiger charge is -2.41. The molecule has 3 atom stereocenters. The molecule has 11 heteroatoms. The Balaban J connectivity index is 1.29. The molecule has 44 heavy (non-hydrogen) atoms. The van der Waals surface area contributed by atoms with Crippen molar-refractivity contribution in [3.05, 3.63) is 107 Å². The number of nitrogens with two attached hydrogens (primary N) is 1. The maximum absolute atomic E-state index is 16.2. The second kappa shape index (κ2) is 12.2. The molecular weight excluding hydrogens is 652 g/mol. The summed E-state index contributed by atoms with van der Waals surface area (Å²) in [7, 11) is -4.56. The summed E-state index contributed by atoms with van der Waals surface area (Å²) < 4.78 is 68.4. The maximum Gasteiger partial charge on any atom is 0.298 e. The Bertz CT molecular complexity index is 1760. The number of sulfonamides is 1. The molecule has 0 radical (unpaired) electrons. The van der Waals surface area contributed by atoms with Crippen molar-refractivity contribution in [2.24, 2.45) is 5.73 Å². The Morgan fingerprint density at radius 2 is 1.59 bits per heavy atom. The van der Waals surface area contributed by atoms with E-state index in [9.17, 15) is 13.2 Å². The van der Waals surface area contributed by atoms with Crippen molar-refractivity contribution in [2.75, 3.05) is 0 Å². The SMILES string of the molecule is NC1CC2CCC(C1)N2C(=O)[C@@H](NS(=O)(=O)c1ccc2cc(OCc3ccccc3)ccc2c1)C(F)(F)c1ccc(Br)cc1. The molecular formula is C33H32BrF2N3O4S. The van der Waals surface area contributed by atoms with Crippen LogP contribution in [0.1, 0.15) is 36.8 Å². The average Bonchev–Trinajstić information content (AvgIpc) is 3.29. The number of halogens is 3. The van der Waals surface area contributed by atoms with E-state index in [0.717, 1.165) is 5.56 Å². The monoisotopic (exact) mass is 683 g/mol. The summed E-state index contributed by atoms with van der Waals surface area (Å²) in [5.41, 5.74) is 6.69. The Hall–Kier alpha value is -3.38. The van der Waals surface area contributed by atoms with Crippen LogP contribution >= 0.6 is 15.9 Å². The molecule has 1 amide bonds. The Morgan fingerprint density at radius 3 is 2.27 bits per heavy atom. The van der Waals surface area contributed by atoms with Crippen molar-refractivity contribution >= 4 is 42.6 Å². The molecule has 2 saturated heterocycles. The number of hydrogen-bond donors (Lipinski definition) is 2. The van der Waals surface area contributed by atoms with Gasteiger partial charge in [0, 0.05) is 28.2 Å². The lowest BCUT2D eigenvalue weighted by molar-refractivity contribution is -0.149. The predicted octanol–water partition coefficient (Wildman–Crippen LogP) is 6.10. The number of fused-ring (bicyclic) bond motifs is 3. The summed E-state index contributed by atoms with van der Waals surface area (Å²) in [5, 5.41) is 1.29. The first kappa shape index (κ1) is 30.6. The summed E-state index contributed by atoms with van der Waals surface area (Å²) in [6.07, 6.45) is 2.28. The van der Waals surface area contributed by atoms with Crippen LogP contribution in [0.2, 0.25) is 0 Å². The van der Waals surface area contributed by atoms with Crippen LogP contribution in [0.4, 0.5) is 8.78 Å². The van der Waals surface area contributed by atoms with Gasteiger partial charge >= 0.3 is 0 Å². The first-order chi connectivity index (χ1) is 21.0. The first-order valence-electron chi connectivity index (χ1n) is 14.5. The number of alkyl halides is 2. The number of hydrogen-bond acceptors (Lipinski definition) is 5. The molecule has 0 saturated carbocycles. The molecule has 4 aromatic carbocycles. The summed E-state index contributed by atoms with van der Waals surface area (Å²) in [6.45, 7) is 0.370. The van der Waals surface area contributed by atoms with Crippen LogP contribution in [-0.4, -0.2) is 43.4 Å². The fraction of sp³-hybridized carbons (Fsp3) is 0.303. The van der Waals surface area contributed by atoms with E-state index in [1.165, 1.54) is 41.3 Å². The molecule has 230 valence electrons. The highest BCUT2D eigenvalue weighted by atomic mass is 79.9. The van der Waals surface area contributed by atoms with Gasteiger partial charge in [0.25, 0.3) is 5.92 Å². The molecule has 7 nitrogen and oxygen atoms in total. The number of amides is 1. The summed E-state index contributed by atoms with van der Waals surface area (Å²) in [6, 6.07) is 21.4. The third-order valence-electron chi connectivity index (χ3n) is 8.48. The van der Waals surface area contributed by atoms with Gasteiger partial charge in [-0.25, -0.2) is 8.42 Å². The average molecular weight is 685 g/mol. The van der Waals surface area contributed by atoms with Gasteiger partial charge in [0.15, 0.2) is 6.04 Å². The predicted molar refractivity (Wildman–Crippen MR) is 168 cm³/mol. The molecule has 4 aromatic rings. The zero-order valence-corrected chi connectivity index (χ0v) is 26.1. The van der Waals surface area contributed by atoms with Crippen LogP contribution in [0.15, 0.2) is 100 Å². The van der Waals surface area contributed by atoms with Gasteiger partial charge in [0.2, 0.25) is 15.9 Å². The zero-order chi connectivity index (χ0) is 31.1. The third kappa shape index (κ3) is 6.24. The van der Waals surface area contributed by atoms with Gasteiger partial charge in [-0.2, -0.15) is 13.5 Å².